The molecular weight excluding hydrogens is 398 g/mol. The molecule has 3 aromatic carbocycles. The maximum absolute atomic E-state index is 14.4. The third kappa shape index (κ3) is 5.28. The minimum atomic E-state index is -0.371. The average Bonchev–Trinajstić information content (AvgIpc) is 2.82. The lowest BCUT2D eigenvalue weighted by Crippen LogP contribution is -2.13. The van der Waals surface area contributed by atoms with Crippen molar-refractivity contribution in [2.45, 2.75) is 76.5 Å². The molecule has 0 heterocycles. The second-order valence-corrected chi connectivity index (χ2v) is 9.52. The highest BCUT2D eigenvalue weighted by molar-refractivity contribution is 5.31. The summed E-state index contributed by atoms with van der Waals surface area (Å²) in [6, 6.07) is 23.0. The first-order chi connectivity index (χ1) is 15.5. The van der Waals surface area contributed by atoms with E-state index in [0.717, 1.165) is 44.1 Å². The van der Waals surface area contributed by atoms with Crippen LogP contribution >= 0.6 is 0 Å². The van der Waals surface area contributed by atoms with E-state index in [9.17, 15) is 8.78 Å². The molecule has 0 aliphatic heterocycles. The molecule has 0 nitrogen and oxygen atoms in total. The first kappa shape index (κ1) is 22.7. The first-order valence-electron chi connectivity index (χ1n) is 12.2. The van der Waals surface area contributed by atoms with Gasteiger partial charge in [-0.3, -0.25) is 0 Å². The van der Waals surface area contributed by atoms with E-state index in [0.29, 0.717) is 18.3 Å². The van der Waals surface area contributed by atoms with Gasteiger partial charge in [0.05, 0.1) is 0 Å². The Bertz CT molecular complexity index is 976. The van der Waals surface area contributed by atoms with Gasteiger partial charge in [0.1, 0.15) is 11.6 Å². The van der Waals surface area contributed by atoms with E-state index in [1.54, 1.807) is 12.1 Å². The van der Waals surface area contributed by atoms with Gasteiger partial charge in [-0.15, -0.1) is 0 Å². The Morgan fingerprint density at radius 3 is 1.91 bits per heavy atom. The second kappa shape index (κ2) is 10.4. The van der Waals surface area contributed by atoms with Crippen LogP contribution < -0.4 is 0 Å². The Kier molecular flexibility index (Phi) is 7.40. The topological polar surface area (TPSA) is 0 Å². The summed E-state index contributed by atoms with van der Waals surface area (Å²) in [5.74, 6) is 0.563. The van der Waals surface area contributed by atoms with Crippen molar-refractivity contribution in [1.29, 1.82) is 0 Å². The van der Waals surface area contributed by atoms with E-state index in [-0.39, 0.29) is 23.1 Å². The van der Waals surface area contributed by atoms with Crippen molar-refractivity contribution in [1.82, 2.24) is 0 Å². The van der Waals surface area contributed by atoms with Gasteiger partial charge in [0.15, 0.2) is 0 Å². The summed E-state index contributed by atoms with van der Waals surface area (Å²) in [6.45, 7) is 4.23. The Hall–Kier alpha value is -2.48. The van der Waals surface area contributed by atoms with Crippen LogP contribution in [0.15, 0.2) is 66.7 Å². The predicted octanol–water partition coefficient (Wildman–Crippen LogP) is 8.70. The number of halogens is 2. The van der Waals surface area contributed by atoms with Gasteiger partial charge in [0, 0.05) is 5.56 Å². The molecule has 4 rings (SSSR count). The van der Waals surface area contributed by atoms with Crippen LogP contribution in [0, 0.1) is 11.6 Å². The molecule has 0 unspecified atom stereocenters. The molecule has 0 bridgehead atoms. The van der Waals surface area contributed by atoms with Crippen LogP contribution in [-0.4, -0.2) is 0 Å². The summed E-state index contributed by atoms with van der Waals surface area (Å²) >= 11 is 0. The summed E-state index contributed by atoms with van der Waals surface area (Å²) in [6.07, 6.45) is 6.39. The van der Waals surface area contributed by atoms with Crippen molar-refractivity contribution < 1.29 is 8.78 Å². The third-order valence-electron chi connectivity index (χ3n) is 7.22. The van der Waals surface area contributed by atoms with Crippen molar-refractivity contribution >= 4 is 0 Å². The average molecular weight is 433 g/mol. The number of benzene rings is 3. The van der Waals surface area contributed by atoms with Crippen molar-refractivity contribution in [3.05, 3.63) is 106 Å². The predicted molar refractivity (Wildman–Crippen MR) is 129 cm³/mol. The molecule has 0 spiro atoms. The Morgan fingerprint density at radius 1 is 0.781 bits per heavy atom. The van der Waals surface area contributed by atoms with Crippen molar-refractivity contribution in [2.24, 2.45) is 0 Å². The highest BCUT2D eigenvalue weighted by atomic mass is 19.1. The fourth-order valence-corrected chi connectivity index (χ4v) is 5.29. The van der Waals surface area contributed by atoms with Gasteiger partial charge in [-0.2, -0.15) is 0 Å². The smallest absolute Gasteiger partial charge is 0.129 e. The second-order valence-electron chi connectivity index (χ2n) is 9.52. The molecule has 0 N–H and O–H groups in total. The SMILES string of the molecule is CCCc1c(F)cc(C2CCC(c3ccc(C[C@H](C)c4ccccc4)cc3)CC2)cc1F. The first-order valence-corrected chi connectivity index (χ1v) is 12.2. The van der Waals surface area contributed by atoms with Crippen LogP contribution in [0.2, 0.25) is 0 Å². The molecule has 0 radical (unpaired) electrons. The fourth-order valence-electron chi connectivity index (χ4n) is 5.29. The Morgan fingerprint density at radius 2 is 1.34 bits per heavy atom. The highest BCUT2D eigenvalue weighted by Crippen LogP contribution is 2.41. The van der Waals surface area contributed by atoms with Crippen LogP contribution in [0.4, 0.5) is 8.78 Å². The van der Waals surface area contributed by atoms with Gasteiger partial charge in [-0.25, -0.2) is 8.78 Å². The van der Waals surface area contributed by atoms with Gasteiger partial charge in [0.25, 0.3) is 0 Å². The zero-order valence-electron chi connectivity index (χ0n) is 19.3. The standard InChI is InChI=1S/C30H34F2/c1-3-7-28-29(31)19-27(20-30(28)32)26-16-14-25(15-17-26)24-12-10-22(11-13-24)18-21(2)23-8-5-4-6-9-23/h4-6,8-13,19-21,25-26H,3,7,14-18H2,1-2H3/t21-,25?,26?/m0/s1. The summed E-state index contributed by atoms with van der Waals surface area (Å²) in [5.41, 5.74) is 5.23. The minimum Gasteiger partial charge on any atom is -0.207 e. The Labute approximate surface area is 191 Å². The summed E-state index contributed by atoms with van der Waals surface area (Å²) < 4.78 is 28.8. The van der Waals surface area contributed by atoms with E-state index in [4.69, 9.17) is 0 Å². The van der Waals surface area contributed by atoms with Crippen molar-refractivity contribution in [2.75, 3.05) is 0 Å². The van der Waals surface area contributed by atoms with Crippen molar-refractivity contribution in [3.63, 3.8) is 0 Å². The molecule has 1 atom stereocenters. The number of rotatable bonds is 7. The van der Waals surface area contributed by atoms with E-state index >= 15 is 0 Å². The fraction of sp³-hybridized carbons (Fsp3) is 0.400. The zero-order valence-corrected chi connectivity index (χ0v) is 19.3. The van der Waals surface area contributed by atoms with Crippen LogP contribution in [0.3, 0.4) is 0 Å². The largest absolute Gasteiger partial charge is 0.207 e. The van der Waals surface area contributed by atoms with E-state index in [2.05, 4.69) is 61.5 Å². The highest BCUT2D eigenvalue weighted by Gasteiger charge is 2.25. The quantitative estimate of drug-likeness (QED) is 0.350. The maximum Gasteiger partial charge on any atom is 0.129 e. The maximum atomic E-state index is 14.4. The van der Waals surface area contributed by atoms with E-state index in [1.807, 2.05) is 6.92 Å². The van der Waals surface area contributed by atoms with Gasteiger partial charge in [-0.1, -0.05) is 74.9 Å². The lowest BCUT2D eigenvalue weighted by molar-refractivity contribution is 0.393. The minimum absolute atomic E-state index is 0.242. The molecule has 32 heavy (non-hydrogen) atoms. The monoisotopic (exact) mass is 432 g/mol. The van der Waals surface area contributed by atoms with Gasteiger partial charge in [-0.05, 0) is 90.7 Å². The molecule has 0 amide bonds. The third-order valence-corrected chi connectivity index (χ3v) is 7.22. The zero-order chi connectivity index (χ0) is 22.5. The number of hydrogen-bond acceptors (Lipinski definition) is 0. The van der Waals surface area contributed by atoms with Gasteiger partial charge >= 0.3 is 0 Å². The van der Waals surface area contributed by atoms with E-state index in [1.165, 1.54) is 16.7 Å². The molecular formula is C30H34F2. The number of hydrogen-bond donors (Lipinski definition) is 0. The van der Waals surface area contributed by atoms with Crippen molar-refractivity contribution in [3.8, 4) is 0 Å². The molecule has 1 aliphatic carbocycles. The normalized spacial score (nSPS) is 19.6. The molecule has 0 saturated heterocycles. The summed E-state index contributed by atoms with van der Waals surface area (Å²) in [4.78, 5) is 0. The molecule has 168 valence electrons. The molecule has 0 aromatic heterocycles. The van der Waals surface area contributed by atoms with E-state index < -0.39 is 0 Å². The Balaban J connectivity index is 1.35. The molecule has 3 aromatic rings. The summed E-state index contributed by atoms with van der Waals surface area (Å²) in [5, 5.41) is 0. The van der Waals surface area contributed by atoms with Gasteiger partial charge < -0.3 is 0 Å². The lowest BCUT2D eigenvalue weighted by Gasteiger charge is -2.29. The molecule has 1 aliphatic rings. The molecule has 1 fully saturated rings. The van der Waals surface area contributed by atoms with Crippen LogP contribution in [-0.2, 0) is 12.8 Å². The van der Waals surface area contributed by atoms with Gasteiger partial charge in [0.2, 0.25) is 0 Å². The lowest BCUT2D eigenvalue weighted by atomic mass is 9.76. The van der Waals surface area contributed by atoms with Crippen LogP contribution in [0.25, 0.3) is 0 Å². The molecule has 2 heteroatoms. The molecule has 1 saturated carbocycles. The van der Waals surface area contributed by atoms with Crippen LogP contribution in [0.1, 0.15) is 91.5 Å². The summed E-state index contributed by atoms with van der Waals surface area (Å²) in [7, 11) is 0. The van der Waals surface area contributed by atoms with Crippen LogP contribution in [0.5, 0.6) is 0 Å².